The van der Waals surface area contributed by atoms with E-state index in [4.69, 9.17) is 5.73 Å². The largest absolute Gasteiger partial charge is 0.383 e. The van der Waals surface area contributed by atoms with E-state index in [1.807, 2.05) is 0 Å². The number of Topliss-reactive ketones (excluding diaryl/α,β-unsaturated/α-hetero) is 1. The molecule has 162 valence electrons. The Hall–Kier alpha value is -3.40. The maximum atomic E-state index is 14.8. The molecule has 3 aromatic rings. The first-order chi connectivity index (χ1) is 14.7. The van der Waals surface area contributed by atoms with Crippen LogP contribution in [0.15, 0.2) is 48.9 Å². The summed E-state index contributed by atoms with van der Waals surface area (Å²) in [6.07, 6.45) is 4.46. The van der Waals surface area contributed by atoms with Gasteiger partial charge in [0.1, 0.15) is 11.6 Å². The van der Waals surface area contributed by atoms with Crippen LogP contribution in [-0.4, -0.2) is 29.9 Å². The number of carbonyl (C=O) groups is 1. The van der Waals surface area contributed by atoms with E-state index in [1.54, 1.807) is 37.5 Å². The molecular weight excluding hydrogens is 426 g/mol. The fraction of sp³-hybridized carbons (Fsp3) is 0.190. The van der Waals surface area contributed by atoms with E-state index >= 15 is 0 Å². The average Bonchev–Trinajstić information content (AvgIpc) is 2.72. The van der Waals surface area contributed by atoms with Crippen LogP contribution < -0.4 is 10.5 Å². The van der Waals surface area contributed by atoms with Gasteiger partial charge in [-0.05, 0) is 36.2 Å². The normalized spacial score (nSPS) is 11.3. The first kappa shape index (κ1) is 22.3. The van der Waals surface area contributed by atoms with Crippen LogP contribution in [0.25, 0.3) is 11.1 Å². The summed E-state index contributed by atoms with van der Waals surface area (Å²) in [5, 5.41) is 0. The first-order valence-corrected chi connectivity index (χ1v) is 11.0. The lowest BCUT2D eigenvalue weighted by Gasteiger charge is -2.12. The lowest BCUT2D eigenvalue weighted by Crippen LogP contribution is -2.19. The molecule has 10 heteroatoms. The minimum absolute atomic E-state index is 0.217. The quantitative estimate of drug-likeness (QED) is 0.511. The lowest BCUT2D eigenvalue weighted by atomic mass is 10.00. The molecular formula is C21H20F2N4O3S. The van der Waals surface area contributed by atoms with Gasteiger partial charge < -0.3 is 5.73 Å². The zero-order chi connectivity index (χ0) is 22.6. The average molecular weight is 446 g/mol. The third kappa shape index (κ3) is 5.21. The lowest BCUT2D eigenvalue weighted by molar-refractivity contribution is 0.0985. The van der Waals surface area contributed by atoms with E-state index < -0.39 is 38.7 Å². The summed E-state index contributed by atoms with van der Waals surface area (Å²) in [4.78, 5) is 20.8. The van der Waals surface area contributed by atoms with Gasteiger partial charge in [-0.3, -0.25) is 14.5 Å². The summed E-state index contributed by atoms with van der Waals surface area (Å²) in [6.45, 7) is 1.65. The Morgan fingerprint density at radius 2 is 1.97 bits per heavy atom. The molecule has 0 aliphatic carbocycles. The zero-order valence-corrected chi connectivity index (χ0v) is 17.4. The molecule has 2 aromatic heterocycles. The van der Waals surface area contributed by atoms with E-state index in [-0.39, 0.29) is 18.0 Å². The monoisotopic (exact) mass is 446 g/mol. The number of nitrogens with two attached hydrogens (primary N) is 1. The maximum absolute atomic E-state index is 14.8. The molecule has 3 rings (SSSR count). The molecule has 0 bridgehead atoms. The fourth-order valence-electron chi connectivity index (χ4n) is 3.02. The minimum atomic E-state index is -3.82. The highest BCUT2D eigenvalue weighted by Crippen LogP contribution is 2.27. The van der Waals surface area contributed by atoms with Crippen molar-refractivity contribution in [2.45, 2.75) is 19.8 Å². The molecule has 0 amide bonds. The van der Waals surface area contributed by atoms with Crippen LogP contribution in [0.1, 0.15) is 29.3 Å². The molecule has 0 atom stereocenters. The summed E-state index contributed by atoms with van der Waals surface area (Å²) in [6, 6.07) is 6.86. The second-order valence-electron chi connectivity index (χ2n) is 6.82. The number of nitrogen functional groups attached to an aromatic ring is 1. The number of carbonyl (C=O) groups excluding carboxylic acids is 1. The van der Waals surface area contributed by atoms with Gasteiger partial charge in [-0.25, -0.2) is 22.2 Å². The summed E-state index contributed by atoms with van der Waals surface area (Å²) < 4.78 is 55.0. The Morgan fingerprint density at radius 3 is 2.65 bits per heavy atom. The highest BCUT2D eigenvalue weighted by molar-refractivity contribution is 7.92. The Morgan fingerprint density at radius 1 is 1.19 bits per heavy atom. The highest BCUT2D eigenvalue weighted by atomic mass is 32.2. The Bertz CT molecular complexity index is 1220. The van der Waals surface area contributed by atoms with Gasteiger partial charge in [0.15, 0.2) is 11.6 Å². The van der Waals surface area contributed by atoms with Crippen molar-refractivity contribution in [3.05, 3.63) is 71.7 Å². The second-order valence-corrected chi connectivity index (χ2v) is 8.66. The SMILES string of the molecule is CCCS(=O)(=O)Nc1ccc(F)c(C(=O)Cc2cnc(N)c(-c3cccnc3)c2)c1F. The van der Waals surface area contributed by atoms with Crippen molar-refractivity contribution < 1.29 is 22.0 Å². The highest BCUT2D eigenvalue weighted by Gasteiger charge is 2.23. The Labute approximate surface area is 178 Å². The number of hydrogen-bond acceptors (Lipinski definition) is 6. The van der Waals surface area contributed by atoms with E-state index in [2.05, 4.69) is 14.7 Å². The first-order valence-electron chi connectivity index (χ1n) is 9.38. The molecule has 0 radical (unpaired) electrons. The van der Waals surface area contributed by atoms with Gasteiger partial charge in [-0.1, -0.05) is 13.0 Å². The molecule has 0 fully saturated rings. The smallest absolute Gasteiger partial charge is 0.232 e. The summed E-state index contributed by atoms with van der Waals surface area (Å²) in [5.41, 5.74) is 6.19. The van der Waals surface area contributed by atoms with Crippen LogP contribution in [0.2, 0.25) is 0 Å². The number of benzene rings is 1. The van der Waals surface area contributed by atoms with Gasteiger partial charge in [0.2, 0.25) is 10.0 Å². The van der Waals surface area contributed by atoms with E-state index in [0.717, 1.165) is 12.1 Å². The number of anilines is 2. The molecule has 7 nitrogen and oxygen atoms in total. The molecule has 1 aromatic carbocycles. The third-order valence-corrected chi connectivity index (χ3v) is 5.90. The van der Waals surface area contributed by atoms with Crippen molar-refractivity contribution in [1.29, 1.82) is 0 Å². The Balaban J connectivity index is 1.91. The van der Waals surface area contributed by atoms with Gasteiger partial charge in [-0.15, -0.1) is 0 Å². The standard InChI is InChI=1S/C21H20F2N4O3S/c1-2-8-31(29,30)27-17-6-5-16(22)19(20(17)23)18(28)10-13-9-15(21(24)26-11-13)14-4-3-7-25-12-14/h3-7,9,11-12,27H,2,8,10H2,1H3,(H2,24,26). The number of rotatable bonds is 8. The molecule has 0 saturated heterocycles. The van der Waals surface area contributed by atoms with E-state index in [9.17, 15) is 22.0 Å². The van der Waals surface area contributed by atoms with Gasteiger partial charge in [-0.2, -0.15) is 0 Å². The van der Waals surface area contributed by atoms with Crippen molar-refractivity contribution in [3.8, 4) is 11.1 Å². The van der Waals surface area contributed by atoms with Gasteiger partial charge in [0.05, 0.1) is 17.0 Å². The van der Waals surface area contributed by atoms with Crippen molar-refractivity contribution >= 4 is 27.3 Å². The van der Waals surface area contributed by atoms with Gasteiger partial charge in [0.25, 0.3) is 0 Å². The minimum Gasteiger partial charge on any atom is -0.383 e. The van der Waals surface area contributed by atoms with Crippen molar-refractivity contribution in [1.82, 2.24) is 9.97 Å². The number of nitrogens with one attached hydrogen (secondary N) is 1. The molecule has 31 heavy (non-hydrogen) atoms. The predicted molar refractivity (Wildman–Crippen MR) is 114 cm³/mol. The summed E-state index contributed by atoms with van der Waals surface area (Å²) >= 11 is 0. The van der Waals surface area contributed by atoms with Crippen molar-refractivity contribution in [3.63, 3.8) is 0 Å². The maximum Gasteiger partial charge on any atom is 0.232 e. The fourth-order valence-corrected chi connectivity index (χ4v) is 4.15. The van der Waals surface area contributed by atoms with Crippen molar-refractivity contribution in [2.75, 3.05) is 16.2 Å². The Kier molecular flexibility index (Phi) is 6.59. The number of sulfonamides is 1. The molecule has 0 aliphatic rings. The number of aromatic nitrogens is 2. The molecule has 0 saturated carbocycles. The van der Waals surface area contributed by atoms with E-state index in [0.29, 0.717) is 23.1 Å². The number of hydrogen-bond donors (Lipinski definition) is 2. The predicted octanol–water partition coefficient (Wildman–Crippen LogP) is 3.58. The van der Waals surface area contributed by atoms with E-state index in [1.165, 1.54) is 6.20 Å². The molecule has 0 aliphatic heterocycles. The number of pyridine rings is 2. The molecule has 0 unspecified atom stereocenters. The second kappa shape index (κ2) is 9.17. The molecule has 2 heterocycles. The number of nitrogens with zero attached hydrogens (tertiary/aromatic N) is 2. The topological polar surface area (TPSA) is 115 Å². The van der Waals surface area contributed by atoms with Crippen molar-refractivity contribution in [2.24, 2.45) is 0 Å². The number of halogens is 2. The number of ketones is 1. The molecule has 0 spiro atoms. The van der Waals surface area contributed by atoms with Gasteiger partial charge in [0, 0.05) is 36.1 Å². The molecule has 3 N–H and O–H groups in total. The van der Waals surface area contributed by atoms with Crippen LogP contribution in [0.5, 0.6) is 0 Å². The van der Waals surface area contributed by atoms with Crippen LogP contribution in [0.3, 0.4) is 0 Å². The summed E-state index contributed by atoms with van der Waals surface area (Å²) in [5.74, 6) is -3.23. The zero-order valence-electron chi connectivity index (χ0n) is 16.6. The third-order valence-electron chi connectivity index (χ3n) is 4.42. The van der Waals surface area contributed by atoms with Crippen LogP contribution in [0.4, 0.5) is 20.3 Å². The summed E-state index contributed by atoms with van der Waals surface area (Å²) in [7, 11) is -3.82. The van der Waals surface area contributed by atoms with Crippen LogP contribution >= 0.6 is 0 Å². The van der Waals surface area contributed by atoms with Gasteiger partial charge >= 0.3 is 0 Å². The van der Waals surface area contributed by atoms with Crippen LogP contribution in [-0.2, 0) is 16.4 Å². The van der Waals surface area contributed by atoms with Crippen LogP contribution in [0, 0.1) is 11.6 Å².